The molecule has 1 atom stereocenters. The van der Waals surface area contributed by atoms with Gasteiger partial charge in [-0.15, -0.1) is 13.2 Å². The van der Waals surface area contributed by atoms with E-state index in [1.807, 2.05) is 0 Å². The van der Waals surface area contributed by atoms with Crippen molar-refractivity contribution < 1.29 is 26.9 Å². The summed E-state index contributed by atoms with van der Waals surface area (Å²) in [6.45, 7) is 0. The first-order chi connectivity index (χ1) is 11.1. The van der Waals surface area contributed by atoms with Crippen LogP contribution in [0.25, 0.3) is 0 Å². The first-order valence-electron chi connectivity index (χ1n) is 6.45. The van der Waals surface area contributed by atoms with Crippen LogP contribution in [-0.2, 0) is 9.73 Å². The lowest BCUT2D eigenvalue weighted by molar-refractivity contribution is -0.274. The van der Waals surface area contributed by atoms with Gasteiger partial charge in [-0.1, -0.05) is 23.7 Å². The molecule has 0 spiro atoms. The highest BCUT2D eigenvalue weighted by Gasteiger charge is 2.33. The number of hydrogen-bond donors (Lipinski definition) is 0. The van der Waals surface area contributed by atoms with E-state index in [1.165, 1.54) is 42.7 Å². The summed E-state index contributed by atoms with van der Waals surface area (Å²) in [4.78, 5) is 12.4. The number of carbonyl (C=O) groups excluding carboxylic acids is 1. The Bertz CT molecular complexity index is 872. The molecule has 24 heavy (non-hydrogen) atoms. The molecule has 0 radical (unpaired) electrons. The second kappa shape index (κ2) is 6.82. The summed E-state index contributed by atoms with van der Waals surface area (Å²) < 4.78 is 57.1. The Morgan fingerprint density at radius 1 is 1.12 bits per heavy atom. The average molecular weight is 378 g/mol. The van der Waals surface area contributed by atoms with Crippen molar-refractivity contribution in [2.45, 2.75) is 11.3 Å². The largest absolute Gasteiger partial charge is 0.573 e. The molecule has 0 aliphatic carbocycles. The van der Waals surface area contributed by atoms with Crippen molar-refractivity contribution in [1.29, 1.82) is 0 Å². The van der Waals surface area contributed by atoms with Gasteiger partial charge in [0.2, 0.25) is 0 Å². The summed E-state index contributed by atoms with van der Waals surface area (Å²) >= 11 is 5.73. The Hall–Kier alpha value is -2.06. The predicted molar refractivity (Wildman–Crippen MR) is 83.7 cm³/mol. The third kappa shape index (κ3) is 4.72. The fourth-order valence-electron chi connectivity index (χ4n) is 1.80. The molecule has 0 aromatic heterocycles. The monoisotopic (exact) mass is 377 g/mol. The third-order valence-corrected chi connectivity index (χ3v) is 4.76. The van der Waals surface area contributed by atoms with Crippen LogP contribution in [0, 0.1) is 0 Å². The molecule has 0 N–H and O–H groups in total. The molecular formula is C15H11ClF3NO3S. The maximum atomic E-state index is 12.6. The number of carbonyl (C=O) groups is 1. The van der Waals surface area contributed by atoms with Gasteiger partial charge >= 0.3 is 6.36 Å². The number of amides is 1. The first kappa shape index (κ1) is 18.3. The molecule has 0 saturated carbocycles. The lowest BCUT2D eigenvalue weighted by Crippen LogP contribution is -2.19. The maximum absolute atomic E-state index is 12.6. The standard InChI is InChI=1S/C15H11ClF3NO3S/c1-24(22,11-8-6-10(16)7-9-11)20-14(21)12-4-2-3-5-13(12)23-15(17,18)19/h2-9H,1H3/t24-/m1/s1. The van der Waals surface area contributed by atoms with Crippen molar-refractivity contribution in [1.82, 2.24) is 0 Å². The molecule has 4 nitrogen and oxygen atoms in total. The highest BCUT2D eigenvalue weighted by atomic mass is 35.5. The number of halogens is 4. The number of ether oxygens (including phenoxy) is 1. The summed E-state index contributed by atoms with van der Waals surface area (Å²) in [6, 6.07) is 10.5. The normalized spacial score (nSPS) is 13.9. The Labute approximate surface area is 141 Å². The van der Waals surface area contributed by atoms with Gasteiger partial charge in [-0.2, -0.15) is 4.36 Å². The average Bonchev–Trinajstić information content (AvgIpc) is 2.46. The predicted octanol–water partition coefficient (Wildman–Crippen LogP) is 4.54. The lowest BCUT2D eigenvalue weighted by Gasteiger charge is -2.11. The quantitative estimate of drug-likeness (QED) is 0.789. The van der Waals surface area contributed by atoms with Gasteiger partial charge < -0.3 is 4.74 Å². The van der Waals surface area contributed by atoms with E-state index in [1.54, 1.807) is 0 Å². The van der Waals surface area contributed by atoms with Gasteiger partial charge in [0.25, 0.3) is 5.91 Å². The fourth-order valence-corrected chi connectivity index (χ4v) is 3.09. The summed E-state index contributed by atoms with van der Waals surface area (Å²) in [7, 11) is -3.15. The molecule has 0 bridgehead atoms. The van der Waals surface area contributed by atoms with Crippen LogP contribution in [0.4, 0.5) is 13.2 Å². The molecule has 0 aliphatic rings. The lowest BCUT2D eigenvalue weighted by atomic mass is 10.2. The molecule has 1 amide bonds. The third-order valence-electron chi connectivity index (χ3n) is 2.85. The van der Waals surface area contributed by atoms with Gasteiger partial charge in [0.05, 0.1) is 15.3 Å². The topological polar surface area (TPSA) is 55.7 Å². The molecular weight excluding hydrogens is 367 g/mol. The molecule has 0 fully saturated rings. The summed E-state index contributed by atoms with van der Waals surface area (Å²) in [5.74, 6) is -1.78. The number of rotatable bonds is 3. The van der Waals surface area contributed by atoms with Crippen LogP contribution in [0.1, 0.15) is 10.4 Å². The number of nitrogens with zero attached hydrogens (tertiary/aromatic N) is 1. The molecule has 2 aromatic rings. The van der Waals surface area contributed by atoms with E-state index >= 15 is 0 Å². The van der Waals surface area contributed by atoms with E-state index in [0.717, 1.165) is 12.1 Å². The van der Waals surface area contributed by atoms with Crippen molar-refractivity contribution in [3.63, 3.8) is 0 Å². The minimum Gasteiger partial charge on any atom is -0.405 e. The fraction of sp³-hybridized carbons (Fsp3) is 0.133. The molecule has 0 saturated heterocycles. The van der Waals surface area contributed by atoms with E-state index in [-0.39, 0.29) is 4.90 Å². The summed E-state index contributed by atoms with van der Waals surface area (Å²) in [6.07, 6.45) is -3.75. The highest BCUT2D eigenvalue weighted by Crippen LogP contribution is 2.27. The molecule has 9 heteroatoms. The zero-order valence-electron chi connectivity index (χ0n) is 12.2. The zero-order valence-corrected chi connectivity index (χ0v) is 13.8. The van der Waals surface area contributed by atoms with E-state index < -0.39 is 33.3 Å². The Morgan fingerprint density at radius 2 is 1.71 bits per heavy atom. The van der Waals surface area contributed by atoms with Crippen LogP contribution in [0.3, 0.4) is 0 Å². The van der Waals surface area contributed by atoms with Gasteiger partial charge in [-0.3, -0.25) is 4.79 Å². The summed E-state index contributed by atoms with van der Waals surface area (Å²) in [5.41, 5.74) is -0.432. The maximum Gasteiger partial charge on any atom is 0.573 e. The zero-order chi connectivity index (χ0) is 18.0. The van der Waals surface area contributed by atoms with Gasteiger partial charge in [-0.25, -0.2) is 4.21 Å². The van der Waals surface area contributed by atoms with Crippen molar-refractivity contribution >= 4 is 27.2 Å². The van der Waals surface area contributed by atoms with Gasteiger partial charge in [0.15, 0.2) is 0 Å². The van der Waals surface area contributed by atoms with E-state index in [4.69, 9.17) is 11.6 Å². The van der Waals surface area contributed by atoms with E-state index in [2.05, 4.69) is 9.10 Å². The second-order valence-corrected chi connectivity index (χ2v) is 7.39. The van der Waals surface area contributed by atoms with Crippen molar-refractivity contribution in [3.05, 3.63) is 59.1 Å². The number of benzene rings is 2. The smallest absolute Gasteiger partial charge is 0.405 e. The van der Waals surface area contributed by atoms with Gasteiger partial charge in [-0.05, 0) is 36.4 Å². The molecule has 2 aromatic carbocycles. The van der Waals surface area contributed by atoms with Crippen LogP contribution in [0.2, 0.25) is 5.02 Å². The number of para-hydroxylation sites is 1. The van der Waals surface area contributed by atoms with E-state index in [0.29, 0.717) is 5.02 Å². The van der Waals surface area contributed by atoms with Gasteiger partial charge in [0, 0.05) is 16.2 Å². The minimum atomic E-state index is -4.96. The Kier molecular flexibility index (Phi) is 5.19. The molecule has 0 aliphatic heterocycles. The summed E-state index contributed by atoms with van der Waals surface area (Å²) in [5, 5.41) is 0.407. The van der Waals surface area contributed by atoms with Crippen LogP contribution >= 0.6 is 11.6 Å². The number of hydrogen-bond acceptors (Lipinski definition) is 3. The van der Waals surface area contributed by atoms with Crippen LogP contribution in [0.5, 0.6) is 5.75 Å². The van der Waals surface area contributed by atoms with Gasteiger partial charge in [0.1, 0.15) is 5.75 Å². The van der Waals surface area contributed by atoms with Crippen LogP contribution < -0.4 is 4.74 Å². The second-order valence-electron chi connectivity index (χ2n) is 4.70. The molecule has 128 valence electrons. The number of alkyl halides is 3. The van der Waals surface area contributed by atoms with Crippen molar-refractivity contribution in [2.24, 2.45) is 4.36 Å². The molecule has 0 unspecified atom stereocenters. The van der Waals surface area contributed by atoms with Crippen LogP contribution in [-0.4, -0.2) is 22.7 Å². The minimum absolute atomic E-state index is 0.231. The van der Waals surface area contributed by atoms with E-state index in [9.17, 15) is 22.2 Å². The SMILES string of the molecule is C[S@](=O)(=NC(=O)c1ccccc1OC(F)(F)F)c1ccc(Cl)cc1. The molecule has 0 heterocycles. The molecule has 2 rings (SSSR count). The highest BCUT2D eigenvalue weighted by molar-refractivity contribution is 7.93. The Balaban J connectivity index is 2.42. The van der Waals surface area contributed by atoms with Crippen molar-refractivity contribution in [2.75, 3.05) is 6.26 Å². The Morgan fingerprint density at radius 3 is 2.29 bits per heavy atom. The van der Waals surface area contributed by atoms with Crippen molar-refractivity contribution in [3.8, 4) is 5.75 Å². The first-order valence-corrected chi connectivity index (χ1v) is 8.75. The van der Waals surface area contributed by atoms with Crippen LogP contribution in [0.15, 0.2) is 57.8 Å².